The van der Waals surface area contributed by atoms with Gasteiger partial charge in [-0.15, -0.1) is 0 Å². The zero-order valence-corrected chi connectivity index (χ0v) is 7.23. The van der Waals surface area contributed by atoms with E-state index in [1.165, 1.54) is 0 Å². The highest BCUT2D eigenvalue weighted by Crippen LogP contribution is 2.37. The Hall–Kier alpha value is -1.42. The molecule has 0 fully saturated rings. The summed E-state index contributed by atoms with van der Waals surface area (Å²) >= 11 is 0. The predicted molar refractivity (Wildman–Crippen MR) is 46.7 cm³/mol. The molecule has 0 heterocycles. The highest BCUT2D eigenvalue weighted by molar-refractivity contribution is 5.49. The lowest BCUT2D eigenvalue weighted by atomic mass is 10.0. The van der Waals surface area contributed by atoms with E-state index in [4.69, 9.17) is 5.11 Å². The molecule has 0 bridgehead atoms. The second-order valence-corrected chi connectivity index (χ2v) is 2.82. The third-order valence-corrected chi connectivity index (χ3v) is 1.84. The van der Waals surface area contributed by atoms with E-state index in [1.807, 2.05) is 0 Å². The predicted octanol–water partition coefficient (Wildman–Crippen LogP) is 1.25. The molecular weight excluding hydrogens is 172 g/mol. The Morgan fingerprint density at radius 1 is 1.15 bits per heavy atom. The van der Waals surface area contributed by atoms with Gasteiger partial charge in [-0.2, -0.15) is 0 Å². The van der Waals surface area contributed by atoms with Crippen LogP contribution in [0.4, 0.5) is 0 Å². The van der Waals surface area contributed by atoms with E-state index in [0.717, 1.165) is 12.1 Å². The molecule has 72 valence electrons. The molecule has 4 nitrogen and oxygen atoms in total. The van der Waals surface area contributed by atoms with Gasteiger partial charge in [-0.05, 0) is 6.42 Å². The summed E-state index contributed by atoms with van der Waals surface area (Å²) in [7, 11) is 0. The fourth-order valence-electron chi connectivity index (χ4n) is 1.15. The largest absolute Gasteiger partial charge is 0.508 e. The van der Waals surface area contributed by atoms with Gasteiger partial charge < -0.3 is 20.4 Å². The molecule has 0 radical (unpaired) electrons. The Balaban J connectivity index is 3.20. The van der Waals surface area contributed by atoms with Crippen molar-refractivity contribution in [2.45, 2.75) is 19.4 Å². The minimum absolute atomic E-state index is 0.0558. The number of aromatic hydroxyl groups is 3. The van der Waals surface area contributed by atoms with Gasteiger partial charge in [0.15, 0.2) is 0 Å². The van der Waals surface area contributed by atoms with E-state index in [0.29, 0.717) is 6.42 Å². The van der Waals surface area contributed by atoms with Crippen LogP contribution < -0.4 is 0 Å². The van der Waals surface area contributed by atoms with Crippen molar-refractivity contribution in [2.24, 2.45) is 0 Å². The van der Waals surface area contributed by atoms with Crippen LogP contribution >= 0.6 is 0 Å². The molecule has 1 aromatic rings. The maximum atomic E-state index is 9.38. The van der Waals surface area contributed by atoms with E-state index in [9.17, 15) is 15.3 Å². The Morgan fingerprint density at radius 2 is 1.62 bits per heavy atom. The van der Waals surface area contributed by atoms with Gasteiger partial charge >= 0.3 is 0 Å². The number of hydrogen-bond donors (Lipinski definition) is 4. The molecule has 0 amide bonds. The molecule has 13 heavy (non-hydrogen) atoms. The maximum absolute atomic E-state index is 9.38. The summed E-state index contributed by atoms with van der Waals surface area (Å²) in [6.45, 7) is 1.72. The molecule has 1 aromatic carbocycles. The zero-order chi connectivity index (χ0) is 10.0. The third-order valence-electron chi connectivity index (χ3n) is 1.84. The molecule has 4 N–H and O–H groups in total. The van der Waals surface area contributed by atoms with Gasteiger partial charge in [-0.1, -0.05) is 6.92 Å². The van der Waals surface area contributed by atoms with Gasteiger partial charge in [-0.3, -0.25) is 0 Å². The first kappa shape index (κ1) is 9.67. The molecule has 0 aromatic heterocycles. The first-order valence-corrected chi connectivity index (χ1v) is 3.99. The van der Waals surface area contributed by atoms with Crippen LogP contribution in [-0.4, -0.2) is 20.4 Å². The minimum Gasteiger partial charge on any atom is -0.508 e. The number of phenolic OH excluding ortho intramolecular Hbond substituents is 3. The normalized spacial score (nSPS) is 12.8. The van der Waals surface area contributed by atoms with Gasteiger partial charge in [0.25, 0.3) is 0 Å². The Kier molecular flexibility index (Phi) is 2.63. The molecule has 0 aliphatic rings. The van der Waals surface area contributed by atoms with Crippen molar-refractivity contribution in [1.82, 2.24) is 0 Å². The summed E-state index contributed by atoms with van der Waals surface area (Å²) in [5.74, 6) is -0.833. The van der Waals surface area contributed by atoms with E-state index in [-0.39, 0.29) is 22.8 Å². The molecule has 4 heteroatoms. The van der Waals surface area contributed by atoms with E-state index in [1.54, 1.807) is 6.92 Å². The zero-order valence-electron chi connectivity index (χ0n) is 7.23. The summed E-state index contributed by atoms with van der Waals surface area (Å²) in [6, 6.07) is 2.15. The van der Waals surface area contributed by atoms with Crippen LogP contribution in [0, 0.1) is 0 Å². The smallest absolute Gasteiger partial charge is 0.128 e. The van der Waals surface area contributed by atoms with Crippen LogP contribution in [-0.2, 0) is 0 Å². The number of benzene rings is 1. The molecule has 1 rings (SSSR count). The van der Waals surface area contributed by atoms with Crippen LogP contribution in [0.25, 0.3) is 0 Å². The quantitative estimate of drug-likeness (QED) is 0.557. The molecular formula is C9H12O4. The molecule has 0 saturated heterocycles. The molecule has 1 atom stereocenters. The van der Waals surface area contributed by atoms with Crippen molar-refractivity contribution in [3.8, 4) is 17.2 Å². The number of aliphatic hydroxyl groups excluding tert-OH is 1. The van der Waals surface area contributed by atoms with Crippen molar-refractivity contribution in [2.75, 3.05) is 0 Å². The highest BCUT2D eigenvalue weighted by atomic mass is 16.3. The summed E-state index contributed by atoms with van der Waals surface area (Å²) in [5.41, 5.74) is 0.0558. The van der Waals surface area contributed by atoms with E-state index >= 15 is 0 Å². The topological polar surface area (TPSA) is 80.9 Å². The van der Waals surface area contributed by atoms with Crippen LogP contribution in [0.15, 0.2) is 12.1 Å². The summed E-state index contributed by atoms with van der Waals surface area (Å²) in [6.07, 6.45) is -0.535. The first-order valence-electron chi connectivity index (χ1n) is 3.99. The Labute approximate surface area is 75.7 Å². The van der Waals surface area contributed by atoms with Crippen molar-refractivity contribution in [3.63, 3.8) is 0 Å². The van der Waals surface area contributed by atoms with Crippen molar-refractivity contribution in [3.05, 3.63) is 17.7 Å². The standard InChI is InChI=1S/C9H12O4/c1-2-6(11)9-7(12)3-5(10)4-8(9)13/h3-4,6,10-13H,2H2,1H3. The maximum Gasteiger partial charge on any atom is 0.128 e. The molecule has 0 aliphatic heterocycles. The summed E-state index contributed by atoms with van der Waals surface area (Å²) in [5, 5.41) is 36.9. The number of rotatable bonds is 2. The lowest BCUT2D eigenvalue weighted by molar-refractivity contribution is 0.165. The van der Waals surface area contributed by atoms with Crippen molar-refractivity contribution >= 4 is 0 Å². The first-order chi connectivity index (χ1) is 6.06. The molecule has 1 unspecified atom stereocenters. The summed E-state index contributed by atoms with van der Waals surface area (Å²) in [4.78, 5) is 0. The Bertz CT molecular complexity index is 285. The number of phenols is 3. The van der Waals surface area contributed by atoms with Crippen LogP contribution in [0.2, 0.25) is 0 Å². The van der Waals surface area contributed by atoms with Gasteiger partial charge in [0, 0.05) is 12.1 Å². The average molecular weight is 184 g/mol. The van der Waals surface area contributed by atoms with Crippen LogP contribution in [0.5, 0.6) is 17.2 Å². The fourth-order valence-corrected chi connectivity index (χ4v) is 1.15. The monoisotopic (exact) mass is 184 g/mol. The van der Waals surface area contributed by atoms with Crippen molar-refractivity contribution < 1.29 is 20.4 Å². The van der Waals surface area contributed by atoms with Gasteiger partial charge in [-0.25, -0.2) is 0 Å². The van der Waals surface area contributed by atoms with E-state index < -0.39 is 6.10 Å². The van der Waals surface area contributed by atoms with Crippen LogP contribution in [0.3, 0.4) is 0 Å². The van der Waals surface area contributed by atoms with Crippen molar-refractivity contribution in [1.29, 1.82) is 0 Å². The fraction of sp³-hybridized carbons (Fsp3) is 0.333. The highest BCUT2D eigenvalue weighted by Gasteiger charge is 2.16. The SMILES string of the molecule is CCC(O)c1c(O)cc(O)cc1O. The van der Waals surface area contributed by atoms with Gasteiger partial charge in [0.1, 0.15) is 17.2 Å². The number of aliphatic hydroxyl groups is 1. The van der Waals surface area contributed by atoms with Gasteiger partial charge in [0.05, 0.1) is 11.7 Å². The Morgan fingerprint density at radius 3 is 2.00 bits per heavy atom. The molecule has 0 saturated carbocycles. The van der Waals surface area contributed by atoms with E-state index in [2.05, 4.69) is 0 Å². The second-order valence-electron chi connectivity index (χ2n) is 2.82. The average Bonchev–Trinajstić information content (AvgIpc) is 2.02. The minimum atomic E-state index is -0.916. The molecule has 0 spiro atoms. The lowest BCUT2D eigenvalue weighted by Gasteiger charge is -2.12. The lowest BCUT2D eigenvalue weighted by Crippen LogP contribution is -1.96. The van der Waals surface area contributed by atoms with Gasteiger partial charge in [0.2, 0.25) is 0 Å². The summed E-state index contributed by atoms with van der Waals surface area (Å²) < 4.78 is 0. The van der Waals surface area contributed by atoms with Crippen LogP contribution in [0.1, 0.15) is 25.0 Å². The number of hydrogen-bond acceptors (Lipinski definition) is 4. The molecule has 0 aliphatic carbocycles. The second kappa shape index (κ2) is 3.53. The third kappa shape index (κ3) is 1.84.